The number of nitrogens with one attached hydrogen (secondary N) is 3. The third-order valence-corrected chi connectivity index (χ3v) is 5.29. The van der Waals surface area contributed by atoms with Gasteiger partial charge in [-0.2, -0.15) is 0 Å². The van der Waals surface area contributed by atoms with Crippen LogP contribution in [0.5, 0.6) is 5.75 Å². The summed E-state index contributed by atoms with van der Waals surface area (Å²) in [5.41, 5.74) is 1.01. The quantitative estimate of drug-likeness (QED) is 0.398. The molecule has 1 atom stereocenters. The zero-order chi connectivity index (χ0) is 21.9. The lowest BCUT2D eigenvalue weighted by Gasteiger charge is -2.26. The van der Waals surface area contributed by atoms with Gasteiger partial charge in [0.25, 0.3) is 0 Å². The third-order valence-electron chi connectivity index (χ3n) is 5.29. The van der Waals surface area contributed by atoms with E-state index in [1.807, 2.05) is 43.3 Å². The first-order valence-electron chi connectivity index (χ1n) is 10.9. The van der Waals surface area contributed by atoms with Crippen molar-refractivity contribution < 1.29 is 13.9 Å². The van der Waals surface area contributed by atoms with Crippen LogP contribution in [-0.2, 0) is 11.3 Å². The normalized spacial score (nSPS) is 15.5. The van der Waals surface area contributed by atoms with Gasteiger partial charge in [0.05, 0.1) is 19.4 Å². The average molecular weight is 428 g/mol. The summed E-state index contributed by atoms with van der Waals surface area (Å²) in [6.45, 7) is 6.02. The fourth-order valence-electron chi connectivity index (χ4n) is 3.63. The molecule has 0 radical (unpaired) electrons. The molecule has 2 heterocycles. The SMILES string of the molecule is CCNC(=NCC(=O)NCc1ccc(OC)cc1)NCC(c1ccco1)N1CCCC1. The highest BCUT2D eigenvalue weighted by Gasteiger charge is 2.25. The summed E-state index contributed by atoms with van der Waals surface area (Å²) in [5, 5.41) is 9.48. The lowest BCUT2D eigenvalue weighted by atomic mass is 10.2. The molecule has 1 aliphatic rings. The van der Waals surface area contributed by atoms with Gasteiger partial charge in [-0.05, 0) is 62.7 Å². The molecule has 8 heteroatoms. The Morgan fingerprint density at radius 3 is 2.58 bits per heavy atom. The minimum absolute atomic E-state index is 0.0562. The van der Waals surface area contributed by atoms with Gasteiger partial charge in [0.1, 0.15) is 18.1 Å². The van der Waals surface area contributed by atoms with Crippen LogP contribution in [0.25, 0.3) is 0 Å². The minimum atomic E-state index is -0.129. The molecule has 1 aromatic carbocycles. The molecule has 168 valence electrons. The second kappa shape index (κ2) is 12.0. The van der Waals surface area contributed by atoms with Crippen LogP contribution in [0.2, 0.25) is 0 Å². The van der Waals surface area contributed by atoms with Crippen molar-refractivity contribution in [3.8, 4) is 5.75 Å². The van der Waals surface area contributed by atoms with Gasteiger partial charge in [0.2, 0.25) is 5.91 Å². The van der Waals surface area contributed by atoms with Crippen LogP contribution in [0.3, 0.4) is 0 Å². The van der Waals surface area contributed by atoms with E-state index in [9.17, 15) is 4.79 Å². The van der Waals surface area contributed by atoms with Gasteiger partial charge in [0, 0.05) is 19.6 Å². The Morgan fingerprint density at radius 2 is 1.94 bits per heavy atom. The molecule has 3 rings (SSSR count). The molecule has 1 unspecified atom stereocenters. The highest BCUT2D eigenvalue weighted by Crippen LogP contribution is 2.24. The number of ether oxygens (including phenoxy) is 1. The number of hydrogen-bond acceptors (Lipinski definition) is 5. The molecular weight excluding hydrogens is 394 g/mol. The van der Waals surface area contributed by atoms with E-state index in [4.69, 9.17) is 9.15 Å². The van der Waals surface area contributed by atoms with Gasteiger partial charge in [0.15, 0.2) is 5.96 Å². The smallest absolute Gasteiger partial charge is 0.242 e. The zero-order valence-corrected chi connectivity index (χ0v) is 18.4. The Bertz CT molecular complexity index is 814. The Balaban J connectivity index is 1.51. The summed E-state index contributed by atoms with van der Waals surface area (Å²) < 4.78 is 10.8. The maximum atomic E-state index is 12.3. The second-order valence-electron chi connectivity index (χ2n) is 7.48. The molecule has 1 aromatic heterocycles. The van der Waals surface area contributed by atoms with Crippen LogP contribution >= 0.6 is 0 Å². The number of aliphatic imine (C=N–C) groups is 1. The van der Waals surface area contributed by atoms with Crippen molar-refractivity contribution in [1.82, 2.24) is 20.9 Å². The first-order valence-corrected chi connectivity index (χ1v) is 10.9. The Hall–Kier alpha value is -3.00. The van der Waals surface area contributed by atoms with Gasteiger partial charge in [-0.15, -0.1) is 0 Å². The third kappa shape index (κ3) is 7.03. The number of furan rings is 1. The summed E-state index contributed by atoms with van der Waals surface area (Å²) in [5.74, 6) is 2.23. The van der Waals surface area contributed by atoms with Crippen molar-refractivity contribution in [2.45, 2.75) is 32.4 Å². The zero-order valence-electron chi connectivity index (χ0n) is 18.4. The van der Waals surface area contributed by atoms with Crippen molar-refractivity contribution in [2.24, 2.45) is 4.99 Å². The van der Waals surface area contributed by atoms with Crippen LogP contribution in [0, 0.1) is 0 Å². The molecule has 0 bridgehead atoms. The van der Waals surface area contributed by atoms with Gasteiger partial charge in [-0.3, -0.25) is 9.69 Å². The van der Waals surface area contributed by atoms with Crippen molar-refractivity contribution in [3.05, 3.63) is 54.0 Å². The lowest BCUT2D eigenvalue weighted by molar-refractivity contribution is -0.119. The van der Waals surface area contributed by atoms with Crippen molar-refractivity contribution in [3.63, 3.8) is 0 Å². The molecule has 1 fully saturated rings. The number of methoxy groups -OCH3 is 1. The van der Waals surface area contributed by atoms with Gasteiger partial charge < -0.3 is 25.1 Å². The van der Waals surface area contributed by atoms with Crippen LogP contribution in [0.15, 0.2) is 52.1 Å². The first-order chi connectivity index (χ1) is 15.2. The monoisotopic (exact) mass is 427 g/mol. The number of hydrogen-bond donors (Lipinski definition) is 3. The van der Waals surface area contributed by atoms with Crippen LogP contribution in [-0.4, -0.2) is 56.6 Å². The van der Waals surface area contributed by atoms with Gasteiger partial charge in [-0.1, -0.05) is 12.1 Å². The van der Waals surface area contributed by atoms with Crippen LogP contribution < -0.4 is 20.7 Å². The van der Waals surface area contributed by atoms with Gasteiger partial charge in [-0.25, -0.2) is 4.99 Å². The fourth-order valence-corrected chi connectivity index (χ4v) is 3.63. The molecule has 0 saturated carbocycles. The Morgan fingerprint density at radius 1 is 1.16 bits per heavy atom. The van der Waals surface area contributed by atoms with Crippen molar-refractivity contribution in [1.29, 1.82) is 0 Å². The summed E-state index contributed by atoms with van der Waals surface area (Å²) in [6.07, 6.45) is 4.13. The molecule has 31 heavy (non-hydrogen) atoms. The Kier molecular flexibility index (Phi) is 8.78. The summed E-state index contributed by atoms with van der Waals surface area (Å²) in [7, 11) is 1.63. The number of carbonyl (C=O) groups excluding carboxylic acids is 1. The fraction of sp³-hybridized carbons (Fsp3) is 0.478. The standard InChI is InChI=1S/C23H33N5O3/c1-3-24-23(26-16-20(21-7-6-14-31-21)28-12-4-5-13-28)27-17-22(29)25-15-18-8-10-19(30-2)11-9-18/h6-11,14,20H,3-5,12-13,15-17H2,1-2H3,(H,25,29)(H2,24,26,27). The number of likely N-dealkylation sites (tertiary alicyclic amines) is 1. The molecule has 3 N–H and O–H groups in total. The van der Waals surface area contributed by atoms with Crippen molar-refractivity contribution in [2.75, 3.05) is 39.8 Å². The maximum absolute atomic E-state index is 12.3. The number of benzene rings is 1. The molecule has 1 amide bonds. The minimum Gasteiger partial charge on any atom is -0.497 e. The van der Waals surface area contributed by atoms with E-state index in [0.29, 0.717) is 25.6 Å². The van der Waals surface area contributed by atoms with Crippen LogP contribution in [0.1, 0.15) is 37.1 Å². The van der Waals surface area contributed by atoms with Crippen molar-refractivity contribution >= 4 is 11.9 Å². The molecule has 1 aliphatic heterocycles. The van der Waals surface area contributed by atoms with E-state index in [1.54, 1.807) is 13.4 Å². The summed E-state index contributed by atoms with van der Waals surface area (Å²) in [6, 6.07) is 11.7. The first kappa shape index (κ1) is 22.7. The highest BCUT2D eigenvalue weighted by atomic mass is 16.5. The summed E-state index contributed by atoms with van der Waals surface area (Å²) in [4.78, 5) is 19.1. The number of nitrogens with zero attached hydrogens (tertiary/aromatic N) is 2. The van der Waals surface area contributed by atoms with E-state index in [-0.39, 0.29) is 18.5 Å². The number of amides is 1. The maximum Gasteiger partial charge on any atom is 0.242 e. The molecular formula is C23H33N5O3. The van der Waals surface area contributed by atoms with Crippen LogP contribution in [0.4, 0.5) is 0 Å². The number of rotatable bonds is 10. The van der Waals surface area contributed by atoms with E-state index < -0.39 is 0 Å². The van der Waals surface area contributed by atoms with E-state index >= 15 is 0 Å². The van der Waals surface area contributed by atoms with E-state index in [2.05, 4.69) is 25.8 Å². The molecule has 0 spiro atoms. The lowest BCUT2D eigenvalue weighted by Crippen LogP contribution is -2.43. The molecule has 2 aromatic rings. The second-order valence-corrected chi connectivity index (χ2v) is 7.48. The topological polar surface area (TPSA) is 91.1 Å². The number of carbonyl (C=O) groups is 1. The predicted molar refractivity (Wildman–Crippen MR) is 121 cm³/mol. The number of guanidine groups is 1. The highest BCUT2D eigenvalue weighted by molar-refractivity contribution is 5.84. The van der Waals surface area contributed by atoms with E-state index in [1.165, 1.54) is 12.8 Å². The van der Waals surface area contributed by atoms with E-state index in [0.717, 1.165) is 30.2 Å². The largest absolute Gasteiger partial charge is 0.497 e. The van der Waals surface area contributed by atoms with Gasteiger partial charge >= 0.3 is 0 Å². The Labute approximate surface area is 184 Å². The predicted octanol–water partition coefficient (Wildman–Crippen LogP) is 2.30. The molecule has 0 aliphatic carbocycles. The average Bonchev–Trinajstić information content (AvgIpc) is 3.51. The molecule has 1 saturated heterocycles. The molecule has 8 nitrogen and oxygen atoms in total. The summed E-state index contributed by atoms with van der Waals surface area (Å²) >= 11 is 0.